The van der Waals surface area contributed by atoms with Crippen molar-refractivity contribution in [3.8, 4) is 11.5 Å². The molecule has 0 saturated heterocycles. The number of nitrogens with zero attached hydrogens (tertiary/aromatic N) is 1. The molecule has 0 aliphatic heterocycles. The highest BCUT2D eigenvalue weighted by atomic mass is 35.5. The summed E-state index contributed by atoms with van der Waals surface area (Å²) in [5.74, 6) is 0.603. The summed E-state index contributed by atoms with van der Waals surface area (Å²) in [5, 5.41) is 3.27. The second-order valence-electron chi connectivity index (χ2n) is 9.52. The lowest BCUT2D eigenvalue weighted by molar-refractivity contribution is -0.139. The lowest BCUT2D eigenvalue weighted by Gasteiger charge is -2.33. The average molecular weight is 505 g/mol. The molecule has 0 spiro atoms. The predicted octanol–water partition coefficient (Wildman–Crippen LogP) is 5.93. The molecule has 6 nitrogen and oxygen atoms in total. The van der Waals surface area contributed by atoms with Crippen molar-refractivity contribution in [3.05, 3.63) is 35.4 Å². The largest absolute Gasteiger partial charge is 0.493 e. The van der Waals surface area contributed by atoms with Crippen LogP contribution in [0.4, 0.5) is 0 Å². The van der Waals surface area contributed by atoms with Crippen molar-refractivity contribution in [2.45, 2.75) is 89.6 Å². The van der Waals surface area contributed by atoms with Gasteiger partial charge in [-0.25, -0.2) is 0 Å². The molecule has 0 radical (unpaired) electrons. The number of allylic oxidation sites excluding steroid dienone is 1. The molecule has 35 heavy (non-hydrogen) atoms. The number of benzene rings is 1. The van der Waals surface area contributed by atoms with Crippen LogP contribution in [-0.4, -0.2) is 48.9 Å². The SMILES string of the molecule is CCOc1ccc(C(C(=O)NC2CCCCCC2)N(CCC2=CCCCC2)C(=O)CCl)cc1OC. The first kappa shape index (κ1) is 27.4. The number of halogens is 1. The van der Waals surface area contributed by atoms with E-state index in [-0.39, 0.29) is 23.7 Å². The Kier molecular flexibility index (Phi) is 11.2. The molecular weight excluding hydrogens is 464 g/mol. The van der Waals surface area contributed by atoms with Crippen molar-refractivity contribution in [2.24, 2.45) is 0 Å². The molecule has 0 aromatic heterocycles. The number of rotatable bonds is 11. The molecule has 2 aliphatic rings. The van der Waals surface area contributed by atoms with Crippen LogP contribution < -0.4 is 14.8 Å². The lowest BCUT2D eigenvalue weighted by atomic mass is 9.96. The van der Waals surface area contributed by atoms with Crippen LogP contribution in [0.15, 0.2) is 29.8 Å². The zero-order valence-corrected chi connectivity index (χ0v) is 22.1. The molecule has 0 heterocycles. The number of carbonyl (C=O) groups excluding carboxylic acids is 2. The second kappa shape index (κ2) is 14.4. The van der Waals surface area contributed by atoms with Gasteiger partial charge < -0.3 is 19.7 Å². The quantitative estimate of drug-likeness (QED) is 0.230. The highest BCUT2D eigenvalue weighted by molar-refractivity contribution is 6.27. The standard InChI is InChI=1S/C28H41ClN2O4/c1-3-35-24-16-15-22(19-25(24)34-2)27(28(33)30-23-13-9-4-5-10-14-23)31(26(32)20-29)18-17-21-11-7-6-8-12-21/h11,15-16,19,23,27H,3-10,12-14,17-18,20H2,1-2H3,(H,30,33). The zero-order chi connectivity index (χ0) is 25.0. The molecule has 2 aliphatic carbocycles. The van der Waals surface area contributed by atoms with Crippen molar-refractivity contribution in [1.29, 1.82) is 0 Å². The van der Waals surface area contributed by atoms with E-state index in [1.54, 1.807) is 12.0 Å². The van der Waals surface area contributed by atoms with E-state index in [4.69, 9.17) is 21.1 Å². The van der Waals surface area contributed by atoms with Crippen molar-refractivity contribution in [1.82, 2.24) is 10.2 Å². The van der Waals surface area contributed by atoms with Crippen molar-refractivity contribution >= 4 is 23.4 Å². The van der Waals surface area contributed by atoms with E-state index in [9.17, 15) is 9.59 Å². The Morgan fingerprint density at radius 1 is 1.11 bits per heavy atom. The Hall–Kier alpha value is -2.21. The second-order valence-corrected chi connectivity index (χ2v) is 9.79. The van der Waals surface area contributed by atoms with Crippen LogP contribution in [0.1, 0.15) is 89.2 Å². The van der Waals surface area contributed by atoms with Crippen LogP contribution in [0.3, 0.4) is 0 Å². The summed E-state index contributed by atoms with van der Waals surface area (Å²) >= 11 is 6.06. The van der Waals surface area contributed by atoms with Gasteiger partial charge in [-0.3, -0.25) is 9.59 Å². The third-order valence-corrected chi connectivity index (χ3v) is 7.29. The van der Waals surface area contributed by atoms with E-state index in [2.05, 4.69) is 11.4 Å². The molecular formula is C28H41ClN2O4. The van der Waals surface area contributed by atoms with E-state index in [1.807, 2.05) is 25.1 Å². The third kappa shape index (κ3) is 7.89. The number of carbonyl (C=O) groups is 2. The summed E-state index contributed by atoms with van der Waals surface area (Å²) in [7, 11) is 1.58. The van der Waals surface area contributed by atoms with E-state index in [1.165, 1.54) is 31.3 Å². The topological polar surface area (TPSA) is 67.9 Å². The van der Waals surface area contributed by atoms with E-state index >= 15 is 0 Å². The fourth-order valence-corrected chi connectivity index (χ4v) is 5.33. The van der Waals surface area contributed by atoms with Crippen LogP contribution in [-0.2, 0) is 9.59 Å². The Labute approximate surface area is 215 Å². The number of methoxy groups -OCH3 is 1. The number of amides is 2. The maximum absolute atomic E-state index is 13.8. The molecule has 0 bridgehead atoms. The number of ether oxygens (including phenoxy) is 2. The molecule has 1 saturated carbocycles. The van der Waals surface area contributed by atoms with Gasteiger partial charge in [0.1, 0.15) is 11.9 Å². The molecule has 1 N–H and O–H groups in total. The first-order valence-corrected chi connectivity index (χ1v) is 13.7. The van der Waals surface area contributed by atoms with E-state index in [0.29, 0.717) is 30.2 Å². The van der Waals surface area contributed by atoms with Crippen molar-refractivity contribution in [3.63, 3.8) is 0 Å². The summed E-state index contributed by atoms with van der Waals surface area (Å²) in [6.07, 6.45) is 14.2. The molecule has 1 fully saturated rings. The number of nitrogens with one attached hydrogen (secondary N) is 1. The molecule has 1 unspecified atom stereocenters. The van der Waals surface area contributed by atoms with Gasteiger partial charge in [0, 0.05) is 12.6 Å². The van der Waals surface area contributed by atoms with Crippen molar-refractivity contribution < 1.29 is 19.1 Å². The van der Waals surface area contributed by atoms with Crippen LogP contribution in [0, 0.1) is 0 Å². The van der Waals surface area contributed by atoms with Crippen LogP contribution >= 0.6 is 11.6 Å². The average Bonchev–Trinajstić information content (AvgIpc) is 3.15. The van der Waals surface area contributed by atoms with E-state index < -0.39 is 6.04 Å². The maximum Gasteiger partial charge on any atom is 0.247 e. The minimum absolute atomic E-state index is 0.131. The monoisotopic (exact) mass is 504 g/mol. The molecule has 1 aromatic rings. The Balaban J connectivity index is 1.92. The Bertz CT molecular complexity index is 865. The van der Waals surface area contributed by atoms with Gasteiger partial charge in [0.2, 0.25) is 11.8 Å². The maximum atomic E-state index is 13.8. The summed E-state index contributed by atoms with van der Waals surface area (Å²) in [6.45, 7) is 2.88. The lowest BCUT2D eigenvalue weighted by Crippen LogP contribution is -2.47. The van der Waals surface area contributed by atoms with E-state index in [0.717, 1.165) is 44.9 Å². The summed E-state index contributed by atoms with van der Waals surface area (Å²) in [5.41, 5.74) is 2.06. The Morgan fingerprint density at radius 2 is 1.89 bits per heavy atom. The first-order valence-electron chi connectivity index (χ1n) is 13.2. The molecule has 2 amide bonds. The molecule has 194 valence electrons. The minimum Gasteiger partial charge on any atom is -0.493 e. The summed E-state index contributed by atoms with van der Waals surface area (Å²) in [4.78, 5) is 28.6. The van der Waals surface area contributed by atoms with Gasteiger partial charge in [0.15, 0.2) is 11.5 Å². The highest BCUT2D eigenvalue weighted by Crippen LogP contribution is 2.34. The third-order valence-electron chi connectivity index (χ3n) is 7.06. The van der Waals surface area contributed by atoms with Gasteiger partial charge in [-0.2, -0.15) is 0 Å². The Morgan fingerprint density at radius 3 is 2.51 bits per heavy atom. The first-order chi connectivity index (χ1) is 17.1. The van der Waals surface area contributed by atoms with Gasteiger partial charge in [0.05, 0.1) is 13.7 Å². The highest BCUT2D eigenvalue weighted by Gasteiger charge is 2.33. The predicted molar refractivity (Wildman–Crippen MR) is 140 cm³/mol. The molecule has 7 heteroatoms. The molecule has 1 atom stereocenters. The van der Waals surface area contributed by atoms with Gasteiger partial charge in [-0.15, -0.1) is 11.6 Å². The summed E-state index contributed by atoms with van der Waals surface area (Å²) in [6, 6.07) is 4.84. The molecule has 1 aromatic carbocycles. The van der Waals surface area contributed by atoms with Gasteiger partial charge in [-0.05, 0) is 69.6 Å². The summed E-state index contributed by atoms with van der Waals surface area (Å²) < 4.78 is 11.2. The van der Waals surface area contributed by atoms with Crippen LogP contribution in [0.25, 0.3) is 0 Å². The van der Waals surface area contributed by atoms with Gasteiger partial charge in [-0.1, -0.05) is 43.4 Å². The smallest absolute Gasteiger partial charge is 0.247 e. The molecule has 3 rings (SSSR count). The number of alkyl halides is 1. The fraction of sp³-hybridized carbons (Fsp3) is 0.643. The normalized spacial score (nSPS) is 17.6. The zero-order valence-electron chi connectivity index (χ0n) is 21.3. The van der Waals surface area contributed by atoms with Gasteiger partial charge in [0.25, 0.3) is 0 Å². The van der Waals surface area contributed by atoms with Crippen molar-refractivity contribution in [2.75, 3.05) is 26.1 Å². The van der Waals surface area contributed by atoms with Crippen LogP contribution in [0.2, 0.25) is 0 Å². The minimum atomic E-state index is -0.779. The fourth-order valence-electron chi connectivity index (χ4n) is 5.18. The van der Waals surface area contributed by atoms with Crippen LogP contribution in [0.5, 0.6) is 11.5 Å². The van der Waals surface area contributed by atoms with Gasteiger partial charge >= 0.3 is 0 Å². The number of hydrogen-bond acceptors (Lipinski definition) is 4. The number of hydrogen-bond donors (Lipinski definition) is 1.